The Hall–Kier alpha value is -0.540. The van der Waals surface area contributed by atoms with Gasteiger partial charge in [-0.05, 0) is 62.8 Å². The molecule has 20 heavy (non-hydrogen) atoms. The van der Waals surface area contributed by atoms with E-state index in [4.69, 9.17) is 0 Å². The van der Waals surface area contributed by atoms with E-state index < -0.39 is 0 Å². The number of nitrogens with one attached hydrogen (secondary N) is 2. The lowest BCUT2D eigenvalue weighted by molar-refractivity contribution is 0.286. The van der Waals surface area contributed by atoms with Gasteiger partial charge in [0.15, 0.2) is 0 Å². The van der Waals surface area contributed by atoms with E-state index in [-0.39, 0.29) is 0 Å². The Kier molecular flexibility index (Phi) is 4.67. The molecule has 1 aromatic rings. The summed E-state index contributed by atoms with van der Waals surface area (Å²) in [4.78, 5) is 0. The van der Waals surface area contributed by atoms with Crippen LogP contribution in [0.3, 0.4) is 0 Å². The van der Waals surface area contributed by atoms with Crippen molar-refractivity contribution in [2.45, 2.75) is 57.5 Å². The summed E-state index contributed by atoms with van der Waals surface area (Å²) in [6.45, 7) is 3.40. The molecule has 0 radical (unpaired) electrons. The minimum atomic E-state index is 0.638. The van der Waals surface area contributed by atoms with Crippen molar-refractivity contribution in [3.05, 3.63) is 28.2 Å². The molecule has 2 nitrogen and oxygen atoms in total. The topological polar surface area (TPSA) is 24.1 Å². The summed E-state index contributed by atoms with van der Waals surface area (Å²) < 4.78 is 1.20. The van der Waals surface area contributed by atoms with Crippen molar-refractivity contribution in [3.63, 3.8) is 0 Å². The van der Waals surface area contributed by atoms with Gasteiger partial charge >= 0.3 is 0 Å². The van der Waals surface area contributed by atoms with Gasteiger partial charge in [0.2, 0.25) is 0 Å². The van der Waals surface area contributed by atoms with E-state index in [0.29, 0.717) is 6.04 Å². The summed E-state index contributed by atoms with van der Waals surface area (Å²) in [5, 5.41) is 7.58. The molecule has 0 spiro atoms. The Morgan fingerprint density at radius 3 is 2.85 bits per heavy atom. The van der Waals surface area contributed by atoms with Crippen LogP contribution in [0.2, 0.25) is 0 Å². The van der Waals surface area contributed by atoms with Crippen molar-refractivity contribution in [3.8, 4) is 0 Å². The SMILES string of the molecule is Cc1c(Br)cccc1NC1CCCC1C1CCCCN1. The van der Waals surface area contributed by atoms with Gasteiger partial charge in [0.1, 0.15) is 0 Å². The lowest BCUT2D eigenvalue weighted by Gasteiger charge is -2.33. The highest BCUT2D eigenvalue weighted by Crippen LogP contribution is 2.35. The molecule has 1 aromatic carbocycles. The van der Waals surface area contributed by atoms with Gasteiger partial charge in [0.05, 0.1) is 0 Å². The third-order valence-electron chi connectivity index (χ3n) is 5.04. The van der Waals surface area contributed by atoms with Crippen LogP contribution >= 0.6 is 15.9 Å². The van der Waals surface area contributed by atoms with E-state index in [2.05, 4.69) is 51.7 Å². The van der Waals surface area contributed by atoms with E-state index in [9.17, 15) is 0 Å². The van der Waals surface area contributed by atoms with E-state index in [1.54, 1.807) is 0 Å². The Bertz CT molecular complexity index is 454. The summed E-state index contributed by atoms with van der Waals surface area (Å²) in [6.07, 6.45) is 8.17. The number of anilines is 1. The molecule has 1 saturated carbocycles. The summed E-state index contributed by atoms with van der Waals surface area (Å²) >= 11 is 3.63. The van der Waals surface area contributed by atoms with Crippen LogP contribution in [0, 0.1) is 12.8 Å². The van der Waals surface area contributed by atoms with Crippen molar-refractivity contribution < 1.29 is 0 Å². The number of benzene rings is 1. The van der Waals surface area contributed by atoms with Gasteiger partial charge in [-0.2, -0.15) is 0 Å². The van der Waals surface area contributed by atoms with Gasteiger partial charge in [-0.1, -0.05) is 34.8 Å². The summed E-state index contributed by atoms with van der Waals surface area (Å²) in [7, 11) is 0. The first kappa shape index (κ1) is 14.4. The van der Waals surface area contributed by atoms with Crippen LogP contribution < -0.4 is 10.6 Å². The molecular weight excluding hydrogens is 312 g/mol. The van der Waals surface area contributed by atoms with E-state index in [1.165, 1.54) is 60.8 Å². The number of rotatable bonds is 3. The van der Waals surface area contributed by atoms with Crippen LogP contribution in [0.4, 0.5) is 5.69 Å². The monoisotopic (exact) mass is 336 g/mol. The zero-order chi connectivity index (χ0) is 13.9. The molecule has 1 heterocycles. The third-order valence-corrected chi connectivity index (χ3v) is 5.90. The summed E-state index contributed by atoms with van der Waals surface area (Å²) in [5.41, 5.74) is 2.63. The van der Waals surface area contributed by atoms with Crippen molar-refractivity contribution in [1.29, 1.82) is 0 Å². The maximum Gasteiger partial charge on any atom is 0.0383 e. The van der Waals surface area contributed by atoms with Gasteiger partial charge < -0.3 is 10.6 Å². The predicted octanol–water partition coefficient (Wildman–Crippen LogP) is 4.48. The summed E-state index contributed by atoms with van der Waals surface area (Å²) in [5.74, 6) is 0.800. The fraction of sp³-hybridized carbons (Fsp3) is 0.647. The van der Waals surface area contributed by atoms with Crippen molar-refractivity contribution in [2.75, 3.05) is 11.9 Å². The first-order chi connectivity index (χ1) is 9.75. The average molecular weight is 337 g/mol. The molecule has 3 unspecified atom stereocenters. The first-order valence-electron chi connectivity index (χ1n) is 8.01. The lowest BCUT2D eigenvalue weighted by atomic mass is 9.88. The second-order valence-corrected chi connectivity index (χ2v) is 7.17. The predicted molar refractivity (Wildman–Crippen MR) is 89.3 cm³/mol. The Balaban J connectivity index is 1.70. The molecule has 3 atom stereocenters. The number of hydrogen-bond acceptors (Lipinski definition) is 2. The molecule has 3 rings (SSSR count). The van der Waals surface area contributed by atoms with Gasteiger partial charge in [-0.15, -0.1) is 0 Å². The number of halogens is 1. The number of hydrogen-bond donors (Lipinski definition) is 2. The van der Waals surface area contributed by atoms with Gasteiger partial charge in [0.25, 0.3) is 0 Å². The minimum Gasteiger partial charge on any atom is -0.382 e. The van der Waals surface area contributed by atoms with Crippen LogP contribution in [0.15, 0.2) is 22.7 Å². The van der Waals surface area contributed by atoms with Crippen molar-refractivity contribution in [1.82, 2.24) is 5.32 Å². The second kappa shape index (κ2) is 6.48. The molecule has 1 aliphatic heterocycles. The van der Waals surface area contributed by atoms with Crippen LogP contribution in [-0.4, -0.2) is 18.6 Å². The maximum absolute atomic E-state index is 3.83. The average Bonchev–Trinajstić information content (AvgIpc) is 2.93. The van der Waals surface area contributed by atoms with Crippen LogP contribution in [0.5, 0.6) is 0 Å². The van der Waals surface area contributed by atoms with E-state index in [0.717, 1.165) is 12.0 Å². The molecule has 1 saturated heterocycles. The van der Waals surface area contributed by atoms with Gasteiger partial charge in [-0.3, -0.25) is 0 Å². The standard InChI is InChI=1S/C17H25BrN2/c1-12-14(18)7-5-9-15(12)20-17-10-4-6-13(17)16-8-2-3-11-19-16/h5,7,9,13,16-17,19-20H,2-4,6,8,10-11H2,1H3. The number of piperidine rings is 1. The van der Waals surface area contributed by atoms with Crippen LogP contribution in [-0.2, 0) is 0 Å². The maximum atomic E-state index is 3.83. The summed E-state index contributed by atoms with van der Waals surface area (Å²) in [6, 6.07) is 7.83. The molecule has 2 N–H and O–H groups in total. The fourth-order valence-electron chi connectivity index (χ4n) is 3.86. The van der Waals surface area contributed by atoms with Crippen LogP contribution in [0.25, 0.3) is 0 Å². The lowest BCUT2D eigenvalue weighted by Crippen LogP contribution is -2.44. The Morgan fingerprint density at radius 1 is 1.15 bits per heavy atom. The van der Waals surface area contributed by atoms with Crippen LogP contribution in [0.1, 0.15) is 44.1 Å². The molecule has 1 aliphatic carbocycles. The van der Waals surface area contributed by atoms with Gasteiger partial charge in [0, 0.05) is 22.2 Å². The zero-order valence-corrected chi connectivity index (χ0v) is 13.9. The largest absolute Gasteiger partial charge is 0.382 e. The Morgan fingerprint density at radius 2 is 2.05 bits per heavy atom. The molecular formula is C17H25BrN2. The third kappa shape index (κ3) is 3.04. The van der Waals surface area contributed by atoms with Crippen molar-refractivity contribution in [2.24, 2.45) is 5.92 Å². The minimum absolute atomic E-state index is 0.638. The highest BCUT2D eigenvalue weighted by atomic mass is 79.9. The van der Waals surface area contributed by atoms with E-state index in [1.807, 2.05) is 0 Å². The molecule has 2 fully saturated rings. The smallest absolute Gasteiger partial charge is 0.0383 e. The van der Waals surface area contributed by atoms with Gasteiger partial charge in [-0.25, -0.2) is 0 Å². The molecule has 110 valence electrons. The highest BCUT2D eigenvalue weighted by molar-refractivity contribution is 9.10. The van der Waals surface area contributed by atoms with Crippen molar-refractivity contribution >= 4 is 21.6 Å². The fourth-order valence-corrected chi connectivity index (χ4v) is 4.22. The zero-order valence-electron chi connectivity index (χ0n) is 12.3. The second-order valence-electron chi connectivity index (χ2n) is 6.31. The molecule has 2 aliphatic rings. The molecule has 3 heteroatoms. The molecule has 0 amide bonds. The molecule has 0 aromatic heterocycles. The first-order valence-corrected chi connectivity index (χ1v) is 8.80. The normalized spacial score (nSPS) is 30.4. The Labute approximate surface area is 130 Å². The van der Waals surface area contributed by atoms with E-state index >= 15 is 0 Å². The molecule has 0 bridgehead atoms. The quantitative estimate of drug-likeness (QED) is 0.850. The highest BCUT2D eigenvalue weighted by Gasteiger charge is 2.34.